The molecule has 0 fully saturated rings. The van der Waals surface area contributed by atoms with Crippen LogP contribution in [0.3, 0.4) is 0 Å². The summed E-state index contributed by atoms with van der Waals surface area (Å²) in [4.78, 5) is 16.1. The van der Waals surface area contributed by atoms with Crippen LogP contribution in [0.25, 0.3) is 0 Å². The van der Waals surface area contributed by atoms with E-state index >= 15 is 0 Å². The number of nitrogens with zero attached hydrogens (tertiary/aromatic N) is 1. The summed E-state index contributed by atoms with van der Waals surface area (Å²) in [7, 11) is 0. The number of halogens is 1. The van der Waals surface area contributed by atoms with Gasteiger partial charge in [0.05, 0.1) is 10.7 Å². The number of hydrogen-bond acceptors (Lipinski definition) is 4. The van der Waals surface area contributed by atoms with Gasteiger partial charge in [-0.15, -0.1) is 0 Å². The molecule has 2 aromatic rings. The van der Waals surface area contributed by atoms with E-state index in [-0.39, 0.29) is 11.6 Å². The first-order valence-electron chi connectivity index (χ1n) is 5.61. The minimum absolute atomic E-state index is 0.257. The van der Waals surface area contributed by atoms with Crippen LogP contribution in [0.1, 0.15) is 16.1 Å². The number of hydrazine groups is 1. The summed E-state index contributed by atoms with van der Waals surface area (Å²) in [6, 6.07) is 10.3. The SMILES string of the molecule is Cc1ccc(NC(=O)c2cccc(NN)n2)c(Cl)c1. The maximum atomic E-state index is 12.0. The molecule has 0 aliphatic heterocycles. The number of hydrogen-bond donors (Lipinski definition) is 3. The van der Waals surface area contributed by atoms with E-state index in [1.165, 1.54) is 0 Å². The molecule has 0 aliphatic rings. The number of aryl methyl sites for hydroxylation is 1. The highest BCUT2D eigenvalue weighted by Gasteiger charge is 2.10. The van der Waals surface area contributed by atoms with Gasteiger partial charge >= 0.3 is 0 Å². The lowest BCUT2D eigenvalue weighted by atomic mass is 10.2. The molecule has 19 heavy (non-hydrogen) atoms. The molecular formula is C13H13ClN4O. The molecule has 1 amide bonds. The molecule has 2 rings (SSSR count). The van der Waals surface area contributed by atoms with Gasteiger partial charge in [-0.3, -0.25) is 4.79 Å². The van der Waals surface area contributed by atoms with E-state index in [9.17, 15) is 4.79 Å². The third kappa shape index (κ3) is 3.21. The number of carbonyl (C=O) groups excluding carboxylic acids is 1. The molecule has 4 N–H and O–H groups in total. The van der Waals surface area contributed by atoms with E-state index in [2.05, 4.69) is 15.7 Å². The second kappa shape index (κ2) is 5.69. The largest absolute Gasteiger partial charge is 0.319 e. The Morgan fingerprint density at radius 3 is 2.79 bits per heavy atom. The summed E-state index contributed by atoms with van der Waals surface area (Å²) in [5.74, 6) is 5.32. The maximum Gasteiger partial charge on any atom is 0.274 e. The summed E-state index contributed by atoms with van der Waals surface area (Å²) in [6.07, 6.45) is 0. The molecule has 0 bridgehead atoms. The number of nitrogen functional groups attached to an aromatic ring is 1. The highest BCUT2D eigenvalue weighted by molar-refractivity contribution is 6.34. The highest BCUT2D eigenvalue weighted by Crippen LogP contribution is 2.23. The number of rotatable bonds is 3. The van der Waals surface area contributed by atoms with Crippen molar-refractivity contribution in [1.29, 1.82) is 0 Å². The molecule has 1 aromatic heterocycles. The fourth-order valence-corrected chi connectivity index (χ4v) is 1.83. The van der Waals surface area contributed by atoms with Crippen molar-refractivity contribution in [2.75, 3.05) is 10.7 Å². The Morgan fingerprint density at radius 2 is 2.11 bits per heavy atom. The number of anilines is 2. The minimum atomic E-state index is -0.345. The van der Waals surface area contributed by atoms with Gasteiger partial charge in [0.15, 0.2) is 0 Å². The summed E-state index contributed by atoms with van der Waals surface area (Å²) in [5.41, 5.74) is 4.21. The van der Waals surface area contributed by atoms with Crippen molar-refractivity contribution in [3.8, 4) is 0 Å². The normalized spacial score (nSPS) is 10.1. The Morgan fingerprint density at radius 1 is 1.32 bits per heavy atom. The molecule has 1 aromatic carbocycles. The zero-order valence-corrected chi connectivity index (χ0v) is 11.0. The van der Waals surface area contributed by atoms with Crippen LogP contribution in [0.5, 0.6) is 0 Å². The number of aromatic nitrogens is 1. The van der Waals surface area contributed by atoms with Gasteiger partial charge in [0.25, 0.3) is 5.91 Å². The lowest BCUT2D eigenvalue weighted by Crippen LogP contribution is -2.16. The van der Waals surface area contributed by atoms with E-state index in [0.717, 1.165) is 5.56 Å². The number of benzene rings is 1. The molecule has 1 heterocycles. The Labute approximate surface area is 115 Å². The van der Waals surface area contributed by atoms with Crippen LogP contribution in [-0.2, 0) is 0 Å². The zero-order valence-electron chi connectivity index (χ0n) is 10.3. The highest BCUT2D eigenvalue weighted by atomic mass is 35.5. The first-order valence-corrected chi connectivity index (χ1v) is 5.99. The summed E-state index contributed by atoms with van der Waals surface area (Å²) in [5, 5.41) is 3.19. The monoisotopic (exact) mass is 276 g/mol. The second-order valence-electron chi connectivity index (χ2n) is 3.99. The molecule has 0 atom stereocenters. The molecule has 0 radical (unpaired) electrons. The molecule has 5 nitrogen and oxygen atoms in total. The van der Waals surface area contributed by atoms with Gasteiger partial charge in [-0.25, -0.2) is 10.8 Å². The van der Waals surface area contributed by atoms with Crippen molar-refractivity contribution in [2.45, 2.75) is 6.92 Å². The van der Waals surface area contributed by atoms with Crippen LogP contribution in [-0.4, -0.2) is 10.9 Å². The van der Waals surface area contributed by atoms with E-state index < -0.39 is 0 Å². The quantitative estimate of drug-likeness (QED) is 0.595. The smallest absolute Gasteiger partial charge is 0.274 e. The fourth-order valence-electron chi connectivity index (χ4n) is 1.55. The summed E-state index contributed by atoms with van der Waals surface area (Å²) < 4.78 is 0. The van der Waals surface area contributed by atoms with Crippen molar-refractivity contribution in [1.82, 2.24) is 4.98 Å². The van der Waals surface area contributed by atoms with E-state index in [1.54, 1.807) is 30.3 Å². The first kappa shape index (κ1) is 13.3. The van der Waals surface area contributed by atoms with Gasteiger partial charge in [-0.1, -0.05) is 23.7 Å². The molecule has 0 saturated carbocycles. The van der Waals surface area contributed by atoms with Crippen LogP contribution >= 0.6 is 11.6 Å². The standard InChI is InChI=1S/C13H13ClN4O/c1-8-5-6-10(9(14)7-8)17-13(19)11-3-2-4-12(16-11)18-15/h2-7H,15H2,1H3,(H,16,18)(H,17,19). The number of nitrogens with two attached hydrogens (primary N) is 1. The van der Waals surface area contributed by atoms with Crippen LogP contribution in [0.4, 0.5) is 11.5 Å². The number of carbonyl (C=O) groups is 1. The number of pyridine rings is 1. The van der Waals surface area contributed by atoms with Crippen LogP contribution in [0.15, 0.2) is 36.4 Å². The predicted molar refractivity (Wildman–Crippen MR) is 76.2 cm³/mol. The van der Waals surface area contributed by atoms with Gasteiger partial charge in [0.2, 0.25) is 0 Å². The Kier molecular flexibility index (Phi) is 3.99. The Hall–Kier alpha value is -2.11. The average molecular weight is 277 g/mol. The molecule has 0 spiro atoms. The molecule has 0 saturated heterocycles. The Balaban J connectivity index is 2.20. The number of nitrogens with one attached hydrogen (secondary N) is 2. The van der Waals surface area contributed by atoms with Gasteiger partial charge in [0, 0.05) is 0 Å². The fraction of sp³-hybridized carbons (Fsp3) is 0.0769. The minimum Gasteiger partial charge on any atom is -0.319 e. The third-order valence-corrected chi connectivity index (χ3v) is 2.82. The van der Waals surface area contributed by atoms with Crippen LogP contribution in [0.2, 0.25) is 5.02 Å². The van der Waals surface area contributed by atoms with Crippen molar-refractivity contribution >= 4 is 29.0 Å². The van der Waals surface area contributed by atoms with Crippen LogP contribution in [0, 0.1) is 6.92 Å². The lowest BCUT2D eigenvalue weighted by Gasteiger charge is -2.08. The van der Waals surface area contributed by atoms with Crippen molar-refractivity contribution in [2.24, 2.45) is 5.84 Å². The van der Waals surface area contributed by atoms with E-state index in [1.807, 2.05) is 13.0 Å². The molecular weight excluding hydrogens is 264 g/mol. The third-order valence-electron chi connectivity index (χ3n) is 2.50. The number of amides is 1. The molecule has 98 valence electrons. The lowest BCUT2D eigenvalue weighted by molar-refractivity contribution is 0.102. The summed E-state index contributed by atoms with van der Waals surface area (Å²) >= 11 is 6.05. The first-order chi connectivity index (χ1) is 9.10. The van der Waals surface area contributed by atoms with Gasteiger partial charge in [0.1, 0.15) is 11.5 Å². The van der Waals surface area contributed by atoms with Crippen molar-refractivity contribution in [3.63, 3.8) is 0 Å². The van der Waals surface area contributed by atoms with Gasteiger partial charge in [-0.2, -0.15) is 0 Å². The Bertz CT molecular complexity index is 615. The van der Waals surface area contributed by atoms with E-state index in [4.69, 9.17) is 17.4 Å². The topological polar surface area (TPSA) is 80.0 Å². The molecule has 0 unspecified atom stereocenters. The van der Waals surface area contributed by atoms with Gasteiger partial charge < -0.3 is 10.7 Å². The molecule has 6 heteroatoms. The van der Waals surface area contributed by atoms with Crippen LogP contribution < -0.4 is 16.6 Å². The average Bonchev–Trinajstić information content (AvgIpc) is 2.42. The van der Waals surface area contributed by atoms with Gasteiger partial charge in [-0.05, 0) is 36.8 Å². The second-order valence-corrected chi connectivity index (χ2v) is 4.40. The van der Waals surface area contributed by atoms with Crippen molar-refractivity contribution in [3.05, 3.63) is 52.7 Å². The summed E-state index contributed by atoms with van der Waals surface area (Å²) in [6.45, 7) is 1.93. The molecule has 0 aliphatic carbocycles. The maximum absolute atomic E-state index is 12.0. The van der Waals surface area contributed by atoms with Crippen molar-refractivity contribution < 1.29 is 4.79 Å². The zero-order chi connectivity index (χ0) is 13.8. The predicted octanol–water partition coefficient (Wildman–Crippen LogP) is 2.58. The van der Waals surface area contributed by atoms with E-state index in [0.29, 0.717) is 16.5 Å².